The number of carboxylic acids is 1. The molecule has 0 atom stereocenters. The summed E-state index contributed by atoms with van der Waals surface area (Å²) in [4.78, 5) is 11.9. The van der Waals surface area contributed by atoms with E-state index in [4.69, 9.17) is 9.84 Å². The van der Waals surface area contributed by atoms with Crippen LogP contribution in [0.15, 0.2) is 27.6 Å². The highest BCUT2D eigenvalue weighted by Gasteiger charge is 2.16. The summed E-state index contributed by atoms with van der Waals surface area (Å²) in [5, 5.41) is 9.44. The predicted molar refractivity (Wildman–Crippen MR) is 70.8 cm³/mol. The molecular formula is C12H13BrO3S. The maximum Gasteiger partial charge on any atom is 0.335 e. The van der Waals surface area contributed by atoms with Crippen molar-refractivity contribution in [3.05, 3.63) is 28.2 Å². The largest absolute Gasteiger partial charge is 0.478 e. The van der Waals surface area contributed by atoms with Gasteiger partial charge in [-0.15, -0.1) is 11.8 Å². The highest BCUT2D eigenvalue weighted by Crippen LogP contribution is 2.35. The highest BCUT2D eigenvalue weighted by molar-refractivity contribution is 9.10. The van der Waals surface area contributed by atoms with E-state index in [9.17, 15) is 4.79 Å². The van der Waals surface area contributed by atoms with Gasteiger partial charge in [0.1, 0.15) is 0 Å². The second-order valence-electron chi connectivity index (χ2n) is 3.88. The zero-order valence-corrected chi connectivity index (χ0v) is 11.6. The summed E-state index contributed by atoms with van der Waals surface area (Å²) in [5.74, 6) is -0.895. The molecule has 1 aliphatic heterocycles. The van der Waals surface area contributed by atoms with Gasteiger partial charge in [-0.2, -0.15) is 0 Å². The minimum atomic E-state index is -0.895. The Balaban J connectivity index is 2.08. The molecule has 0 amide bonds. The van der Waals surface area contributed by atoms with E-state index < -0.39 is 5.97 Å². The van der Waals surface area contributed by atoms with Crippen LogP contribution in [-0.2, 0) is 4.74 Å². The molecule has 1 saturated heterocycles. The Kier molecular flexibility index (Phi) is 4.48. The molecule has 1 fully saturated rings. The molecule has 2 rings (SSSR count). The number of rotatable bonds is 3. The topological polar surface area (TPSA) is 46.5 Å². The van der Waals surface area contributed by atoms with Gasteiger partial charge in [0.05, 0.1) is 5.56 Å². The lowest BCUT2D eigenvalue weighted by Crippen LogP contribution is -2.17. The lowest BCUT2D eigenvalue weighted by atomic mass is 10.2. The Morgan fingerprint density at radius 1 is 1.41 bits per heavy atom. The van der Waals surface area contributed by atoms with E-state index in [1.54, 1.807) is 23.9 Å². The normalized spacial score (nSPS) is 17.0. The maximum atomic E-state index is 10.8. The van der Waals surface area contributed by atoms with Crippen LogP contribution in [0.25, 0.3) is 0 Å². The summed E-state index contributed by atoms with van der Waals surface area (Å²) >= 11 is 5.22. The Labute approximate surface area is 113 Å². The zero-order chi connectivity index (χ0) is 12.3. The second kappa shape index (κ2) is 5.89. The predicted octanol–water partition coefficient (Wildman–Crippen LogP) is 3.42. The van der Waals surface area contributed by atoms with E-state index in [1.807, 2.05) is 6.07 Å². The summed E-state index contributed by atoms with van der Waals surface area (Å²) in [7, 11) is 0. The number of hydrogen-bond acceptors (Lipinski definition) is 3. The summed E-state index contributed by atoms with van der Waals surface area (Å²) in [6.07, 6.45) is 2.11. The lowest BCUT2D eigenvalue weighted by Gasteiger charge is -2.21. The molecule has 0 aromatic heterocycles. The third-order valence-electron chi connectivity index (χ3n) is 2.64. The van der Waals surface area contributed by atoms with Gasteiger partial charge in [-0.05, 0) is 47.0 Å². The highest BCUT2D eigenvalue weighted by atomic mass is 79.9. The van der Waals surface area contributed by atoms with Crippen LogP contribution < -0.4 is 0 Å². The molecule has 1 aliphatic rings. The smallest absolute Gasteiger partial charge is 0.335 e. The number of halogens is 1. The molecule has 1 aromatic carbocycles. The van der Waals surface area contributed by atoms with Crippen molar-refractivity contribution < 1.29 is 14.6 Å². The average Bonchev–Trinajstić information content (AvgIpc) is 2.33. The van der Waals surface area contributed by atoms with Gasteiger partial charge in [0.25, 0.3) is 0 Å². The Hall–Kier alpha value is -0.520. The van der Waals surface area contributed by atoms with Crippen molar-refractivity contribution in [2.75, 3.05) is 13.2 Å². The van der Waals surface area contributed by atoms with Gasteiger partial charge in [0, 0.05) is 27.8 Å². The first-order valence-electron chi connectivity index (χ1n) is 5.44. The minimum absolute atomic E-state index is 0.313. The van der Waals surface area contributed by atoms with Crippen molar-refractivity contribution in [3.8, 4) is 0 Å². The molecule has 1 aromatic rings. The number of benzene rings is 1. The van der Waals surface area contributed by atoms with Crippen LogP contribution in [0.2, 0.25) is 0 Å². The Morgan fingerprint density at radius 2 is 2.12 bits per heavy atom. The van der Waals surface area contributed by atoms with E-state index in [0.29, 0.717) is 10.8 Å². The summed E-state index contributed by atoms with van der Waals surface area (Å²) in [6, 6.07) is 5.17. The first kappa shape index (κ1) is 12.9. The molecule has 0 unspecified atom stereocenters. The third kappa shape index (κ3) is 3.47. The second-order valence-corrected chi connectivity index (χ2v) is 6.08. The SMILES string of the molecule is O=C(O)c1ccc(SC2CCOCC2)c(Br)c1. The Morgan fingerprint density at radius 3 is 2.71 bits per heavy atom. The fraction of sp³-hybridized carbons (Fsp3) is 0.417. The zero-order valence-electron chi connectivity index (χ0n) is 9.19. The van der Waals surface area contributed by atoms with Gasteiger partial charge in [0.2, 0.25) is 0 Å². The van der Waals surface area contributed by atoms with Crippen LogP contribution in [0.1, 0.15) is 23.2 Å². The molecule has 0 radical (unpaired) electrons. The number of ether oxygens (including phenoxy) is 1. The third-order valence-corrected chi connectivity index (χ3v) is 4.97. The first-order chi connectivity index (χ1) is 8.16. The number of carbonyl (C=O) groups is 1. The lowest BCUT2D eigenvalue weighted by molar-refractivity contribution is 0.0696. The Bertz CT molecular complexity index is 416. The van der Waals surface area contributed by atoms with Crippen molar-refractivity contribution in [2.24, 2.45) is 0 Å². The molecule has 0 bridgehead atoms. The summed E-state index contributed by atoms with van der Waals surface area (Å²) in [6.45, 7) is 1.64. The van der Waals surface area contributed by atoms with Crippen LogP contribution in [0.5, 0.6) is 0 Å². The molecule has 5 heteroatoms. The van der Waals surface area contributed by atoms with E-state index in [1.165, 1.54) is 0 Å². The van der Waals surface area contributed by atoms with Crippen molar-refractivity contribution in [1.82, 2.24) is 0 Å². The van der Waals surface area contributed by atoms with Gasteiger partial charge in [-0.3, -0.25) is 0 Å². The van der Waals surface area contributed by atoms with Crippen molar-refractivity contribution >= 4 is 33.7 Å². The number of aromatic carboxylic acids is 1. The standard InChI is InChI=1S/C12H13BrO3S/c13-10-7-8(12(14)15)1-2-11(10)17-9-3-5-16-6-4-9/h1-2,7,9H,3-6H2,(H,14,15). The molecule has 0 spiro atoms. The van der Waals surface area contributed by atoms with E-state index in [2.05, 4.69) is 15.9 Å². The molecule has 0 aliphatic carbocycles. The molecular weight excluding hydrogens is 304 g/mol. The van der Waals surface area contributed by atoms with Gasteiger partial charge in [0.15, 0.2) is 0 Å². The summed E-state index contributed by atoms with van der Waals surface area (Å²) < 4.78 is 6.17. The number of thioether (sulfide) groups is 1. The van der Waals surface area contributed by atoms with E-state index >= 15 is 0 Å². The van der Waals surface area contributed by atoms with Crippen molar-refractivity contribution in [2.45, 2.75) is 23.0 Å². The molecule has 0 saturated carbocycles. The molecule has 92 valence electrons. The first-order valence-corrected chi connectivity index (χ1v) is 7.11. The molecule has 3 nitrogen and oxygen atoms in total. The van der Waals surface area contributed by atoms with Gasteiger partial charge < -0.3 is 9.84 Å². The monoisotopic (exact) mass is 316 g/mol. The van der Waals surface area contributed by atoms with Crippen LogP contribution in [-0.4, -0.2) is 29.5 Å². The minimum Gasteiger partial charge on any atom is -0.478 e. The summed E-state index contributed by atoms with van der Waals surface area (Å²) in [5.41, 5.74) is 0.313. The quantitative estimate of drug-likeness (QED) is 0.928. The van der Waals surface area contributed by atoms with Crippen LogP contribution in [0.4, 0.5) is 0 Å². The van der Waals surface area contributed by atoms with Crippen LogP contribution >= 0.6 is 27.7 Å². The molecule has 17 heavy (non-hydrogen) atoms. The molecule has 1 heterocycles. The van der Waals surface area contributed by atoms with E-state index in [0.717, 1.165) is 35.4 Å². The van der Waals surface area contributed by atoms with Crippen LogP contribution in [0, 0.1) is 0 Å². The van der Waals surface area contributed by atoms with Crippen LogP contribution in [0.3, 0.4) is 0 Å². The van der Waals surface area contributed by atoms with Crippen molar-refractivity contribution in [3.63, 3.8) is 0 Å². The van der Waals surface area contributed by atoms with Gasteiger partial charge >= 0.3 is 5.97 Å². The number of carboxylic acid groups (broad SMARTS) is 1. The van der Waals surface area contributed by atoms with Crippen molar-refractivity contribution in [1.29, 1.82) is 0 Å². The maximum absolute atomic E-state index is 10.8. The average molecular weight is 317 g/mol. The fourth-order valence-electron chi connectivity index (χ4n) is 1.70. The van der Waals surface area contributed by atoms with Gasteiger partial charge in [-0.1, -0.05) is 0 Å². The van der Waals surface area contributed by atoms with Gasteiger partial charge in [-0.25, -0.2) is 4.79 Å². The molecule has 1 N–H and O–H groups in total. The number of hydrogen-bond donors (Lipinski definition) is 1. The van der Waals surface area contributed by atoms with E-state index in [-0.39, 0.29) is 0 Å². The fourth-order valence-corrected chi connectivity index (χ4v) is 3.47.